The quantitative estimate of drug-likeness (QED) is 0.807. The Labute approximate surface area is 160 Å². The van der Waals surface area contributed by atoms with Gasteiger partial charge in [-0.2, -0.15) is 0 Å². The van der Waals surface area contributed by atoms with Crippen LogP contribution in [0, 0.1) is 11.7 Å². The van der Waals surface area contributed by atoms with Crippen LogP contribution in [0.15, 0.2) is 48.5 Å². The minimum Gasteiger partial charge on any atom is -0.494 e. The third-order valence-electron chi connectivity index (χ3n) is 5.04. The van der Waals surface area contributed by atoms with Crippen LogP contribution in [0.25, 0.3) is 0 Å². The number of likely N-dealkylation sites (tertiary alicyclic amines) is 1. The van der Waals surface area contributed by atoms with Crippen LogP contribution in [-0.2, 0) is 17.9 Å². The maximum atomic E-state index is 13.8. The molecule has 0 unspecified atom stereocenters. The molecule has 1 N–H and O–H groups in total. The van der Waals surface area contributed by atoms with Crippen molar-refractivity contribution in [2.75, 3.05) is 19.7 Å². The Morgan fingerprint density at radius 3 is 2.48 bits per heavy atom. The molecular formula is C22H27FN2O2. The summed E-state index contributed by atoms with van der Waals surface area (Å²) in [5, 5.41) is 3.04. The predicted octanol–water partition coefficient (Wildman–Crippen LogP) is 3.75. The van der Waals surface area contributed by atoms with Crippen molar-refractivity contribution in [1.29, 1.82) is 0 Å². The van der Waals surface area contributed by atoms with E-state index in [-0.39, 0.29) is 17.6 Å². The third kappa shape index (κ3) is 5.30. The number of carbonyl (C=O) groups excluding carboxylic acids is 1. The number of carbonyl (C=O) groups is 1. The summed E-state index contributed by atoms with van der Waals surface area (Å²) in [5.41, 5.74) is 1.71. The molecule has 0 aromatic heterocycles. The average molecular weight is 370 g/mol. The van der Waals surface area contributed by atoms with Crippen molar-refractivity contribution in [2.45, 2.75) is 32.9 Å². The molecule has 1 fully saturated rings. The lowest BCUT2D eigenvalue weighted by molar-refractivity contribution is -0.126. The molecule has 0 saturated carbocycles. The van der Waals surface area contributed by atoms with Gasteiger partial charge in [-0.05, 0) is 45.0 Å². The molecule has 27 heavy (non-hydrogen) atoms. The molecule has 1 amide bonds. The van der Waals surface area contributed by atoms with E-state index in [0.29, 0.717) is 25.3 Å². The van der Waals surface area contributed by atoms with Crippen molar-refractivity contribution < 1.29 is 13.9 Å². The van der Waals surface area contributed by atoms with Gasteiger partial charge in [0.1, 0.15) is 11.6 Å². The normalized spacial score (nSPS) is 15.5. The van der Waals surface area contributed by atoms with Gasteiger partial charge in [0.05, 0.1) is 6.61 Å². The van der Waals surface area contributed by atoms with E-state index in [4.69, 9.17) is 4.74 Å². The Balaban J connectivity index is 1.47. The van der Waals surface area contributed by atoms with Crippen molar-refractivity contribution in [2.24, 2.45) is 5.92 Å². The summed E-state index contributed by atoms with van der Waals surface area (Å²) in [5.74, 6) is 0.762. The zero-order valence-electron chi connectivity index (χ0n) is 15.8. The Hall–Kier alpha value is -2.40. The number of amides is 1. The lowest BCUT2D eigenvalue weighted by Gasteiger charge is -2.31. The monoisotopic (exact) mass is 370 g/mol. The molecule has 2 aromatic carbocycles. The first-order valence-corrected chi connectivity index (χ1v) is 9.61. The second-order valence-corrected chi connectivity index (χ2v) is 6.90. The first-order chi connectivity index (χ1) is 13.2. The van der Waals surface area contributed by atoms with Gasteiger partial charge in [0.15, 0.2) is 0 Å². The van der Waals surface area contributed by atoms with Gasteiger partial charge in [-0.1, -0.05) is 36.4 Å². The SMILES string of the molecule is CCOc1ccccc1CNC(=O)C1CCN(Cc2ccccc2F)CC1. The molecule has 0 spiro atoms. The second-order valence-electron chi connectivity index (χ2n) is 6.90. The van der Waals surface area contributed by atoms with Crippen LogP contribution in [0.1, 0.15) is 30.9 Å². The van der Waals surface area contributed by atoms with E-state index in [2.05, 4.69) is 10.2 Å². The number of nitrogens with one attached hydrogen (secondary N) is 1. The predicted molar refractivity (Wildman–Crippen MR) is 104 cm³/mol. The zero-order valence-corrected chi connectivity index (χ0v) is 15.8. The third-order valence-corrected chi connectivity index (χ3v) is 5.04. The lowest BCUT2D eigenvalue weighted by atomic mass is 9.95. The molecule has 0 aliphatic carbocycles. The minimum absolute atomic E-state index is 0.0149. The van der Waals surface area contributed by atoms with Crippen molar-refractivity contribution in [3.63, 3.8) is 0 Å². The standard InChI is InChI=1S/C22H27FN2O2/c1-2-27-21-10-6-4-7-18(21)15-24-22(26)17-11-13-25(14-12-17)16-19-8-3-5-9-20(19)23/h3-10,17H,2,11-16H2,1H3,(H,24,26). The highest BCUT2D eigenvalue weighted by molar-refractivity contribution is 5.78. The lowest BCUT2D eigenvalue weighted by Crippen LogP contribution is -2.40. The molecule has 0 radical (unpaired) electrons. The van der Waals surface area contributed by atoms with E-state index in [1.807, 2.05) is 43.3 Å². The summed E-state index contributed by atoms with van der Waals surface area (Å²) < 4.78 is 19.4. The van der Waals surface area contributed by atoms with Gasteiger partial charge in [0.25, 0.3) is 0 Å². The van der Waals surface area contributed by atoms with Crippen LogP contribution >= 0.6 is 0 Å². The summed E-state index contributed by atoms with van der Waals surface area (Å²) in [6.45, 7) is 5.24. The Morgan fingerprint density at radius 1 is 1.11 bits per heavy atom. The van der Waals surface area contributed by atoms with Gasteiger partial charge in [0, 0.05) is 30.1 Å². The Morgan fingerprint density at radius 2 is 1.78 bits per heavy atom. The number of rotatable bonds is 7. The molecule has 5 heteroatoms. The van der Waals surface area contributed by atoms with Crippen LogP contribution in [-0.4, -0.2) is 30.5 Å². The number of nitrogens with zero attached hydrogens (tertiary/aromatic N) is 1. The van der Waals surface area contributed by atoms with E-state index in [0.717, 1.165) is 37.2 Å². The number of hydrogen-bond donors (Lipinski definition) is 1. The highest BCUT2D eigenvalue weighted by Gasteiger charge is 2.25. The van der Waals surface area contributed by atoms with E-state index in [1.165, 1.54) is 6.07 Å². The Kier molecular flexibility index (Phi) is 6.82. The smallest absolute Gasteiger partial charge is 0.223 e. The fraction of sp³-hybridized carbons (Fsp3) is 0.409. The van der Waals surface area contributed by atoms with Crippen LogP contribution in [0.5, 0.6) is 5.75 Å². The molecule has 2 aromatic rings. The molecule has 1 heterocycles. The summed E-state index contributed by atoms with van der Waals surface area (Å²) in [4.78, 5) is 14.7. The summed E-state index contributed by atoms with van der Waals surface area (Å²) in [7, 11) is 0. The van der Waals surface area contributed by atoms with Gasteiger partial charge in [-0.15, -0.1) is 0 Å². The van der Waals surface area contributed by atoms with Crippen molar-refractivity contribution in [1.82, 2.24) is 10.2 Å². The van der Waals surface area contributed by atoms with Crippen LogP contribution in [0.2, 0.25) is 0 Å². The highest BCUT2D eigenvalue weighted by atomic mass is 19.1. The number of halogens is 1. The topological polar surface area (TPSA) is 41.6 Å². The summed E-state index contributed by atoms with van der Waals surface area (Å²) in [6, 6.07) is 14.7. The molecular weight excluding hydrogens is 343 g/mol. The van der Waals surface area contributed by atoms with Crippen LogP contribution < -0.4 is 10.1 Å². The van der Waals surface area contributed by atoms with Crippen molar-refractivity contribution in [3.05, 3.63) is 65.5 Å². The van der Waals surface area contributed by atoms with Gasteiger partial charge < -0.3 is 10.1 Å². The average Bonchev–Trinajstić information content (AvgIpc) is 2.70. The number of para-hydroxylation sites is 1. The van der Waals surface area contributed by atoms with Crippen LogP contribution in [0.4, 0.5) is 4.39 Å². The first kappa shape index (κ1) is 19.4. The largest absolute Gasteiger partial charge is 0.494 e. The number of ether oxygens (including phenoxy) is 1. The fourth-order valence-electron chi connectivity index (χ4n) is 3.49. The maximum Gasteiger partial charge on any atom is 0.223 e. The second kappa shape index (κ2) is 9.51. The number of hydrogen-bond acceptors (Lipinski definition) is 3. The van der Waals surface area contributed by atoms with Crippen LogP contribution in [0.3, 0.4) is 0 Å². The molecule has 3 rings (SSSR count). The fourth-order valence-corrected chi connectivity index (χ4v) is 3.49. The molecule has 144 valence electrons. The summed E-state index contributed by atoms with van der Waals surface area (Å²) in [6.07, 6.45) is 1.60. The number of benzene rings is 2. The Bertz CT molecular complexity index is 757. The van der Waals surface area contributed by atoms with Gasteiger partial charge in [-0.25, -0.2) is 4.39 Å². The summed E-state index contributed by atoms with van der Waals surface area (Å²) >= 11 is 0. The molecule has 0 bridgehead atoms. The molecule has 0 atom stereocenters. The van der Waals surface area contributed by atoms with Crippen molar-refractivity contribution >= 4 is 5.91 Å². The minimum atomic E-state index is -0.162. The van der Waals surface area contributed by atoms with E-state index in [1.54, 1.807) is 6.07 Å². The number of piperidine rings is 1. The molecule has 4 nitrogen and oxygen atoms in total. The van der Waals surface area contributed by atoms with E-state index in [9.17, 15) is 9.18 Å². The van der Waals surface area contributed by atoms with Gasteiger partial charge in [-0.3, -0.25) is 9.69 Å². The van der Waals surface area contributed by atoms with Gasteiger partial charge >= 0.3 is 0 Å². The molecule has 1 aliphatic rings. The maximum absolute atomic E-state index is 13.8. The first-order valence-electron chi connectivity index (χ1n) is 9.61. The highest BCUT2D eigenvalue weighted by Crippen LogP contribution is 2.21. The van der Waals surface area contributed by atoms with E-state index >= 15 is 0 Å². The molecule has 1 saturated heterocycles. The zero-order chi connectivity index (χ0) is 19.1. The van der Waals surface area contributed by atoms with Gasteiger partial charge in [0.2, 0.25) is 5.91 Å². The molecule has 1 aliphatic heterocycles. The van der Waals surface area contributed by atoms with Crippen molar-refractivity contribution in [3.8, 4) is 5.75 Å². The van der Waals surface area contributed by atoms with E-state index < -0.39 is 0 Å².